The number of nitrogens with zero attached hydrogens (tertiary/aromatic N) is 5. The Morgan fingerprint density at radius 1 is 1.03 bits per heavy atom. The summed E-state index contributed by atoms with van der Waals surface area (Å²) in [6, 6.07) is 6.42. The number of hydrogen-bond donors (Lipinski definition) is 1. The van der Waals surface area contributed by atoms with Gasteiger partial charge in [0, 0.05) is 23.7 Å². The number of carbonyl (C=O) groups excluding carboxylic acids is 1. The third-order valence-electron chi connectivity index (χ3n) is 4.96. The highest BCUT2D eigenvalue weighted by atomic mass is 35.6. The molecule has 30 heavy (non-hydrogen) atoms. The van der Waals surface area contributed by atoms with Gasteiger partial charge in [0.05, 0.1) is 6.33 Å². The Balaban J connectivity index is 1.69. The molecule has 1 atom stereocenters. The zero-order chi connectivity index (χ0) is 21.3. The molecule has 0 spiro atoms. The molecule has 158 valence electrons. The second kappa shape index (κ2) is 8.75. The Bertz CT molecular complexity index is 1040. The summed E-state index contributed by atoms with van der Waals surface area (Å²) in [5.74, 6) is 0.320. The molecule has 0 aliphatic carbocycles. The van der Waals surface area contributed by atoms with Gasteiger partial charge < -0.3 is 10.2 Å². The summed E-state index contributed by atoms with van der Waals surface area (Å²) in [5, 5.41) is 3.28. The normalized spacial score (nSPS) is 15.9. The zero-order valence-electron chi connectivity index (χ0n) is 15.7. The highest BCUT2D eigenvalue weighted by Gasteiger charge is 2.37. The molecule has 1 unspecified atom stereocenters. The smallest absolute Gasteiger partial charge is 0.253 e. The Morgan fingerprint density at radius 3 is 2.40 bits per heavy atom. The highest BCUT2D eigenvalue weighted by Crippen LogP contribution is 2.38. The number of nitrogens with one attached hydrogen (secondary N) is 1. The first kappa shape index (κ1) is 21.4. The number of anilines is 1. The molecule has 2 aromatic heterocycles. The predicted molar refractivity (Wildman–Crippen MR) is 120 cm³/mol. The van der Waals surface area contributed by atoms with Crippen molar-refractivity contribution < 1.29 is 4.79 Å². The van der Waals surface area contributed by atoms with E-state index in [0.717, 1.165) is 31.7 Å². The third kappa shape index (κ3) is 4.44. The predicted octanol–water partition coefficient (Wildman–Crippen LogP) is 4.77. The molecule has 3 heterocycles. The van der Waals surface area contributed by atoms with Gasteiger partial charge in [0.25, 0.3) is 5.91 Å². The first-order valence-corrected chi connectivity index (χ1v) is 10.9. The molecule has 0 radical (unpaired) electrons. The van der Waals surface area contributed by atoms with Crippen molar-refractivity contribution >= 4 is 69.3 Å². The van der Waals surface area contributed by atoms with Crippen molar-refractivity contribution in [2.45, 2.75) is 29.2 Å². The van der Waals surface area contributed by atoms with E-state index in [9.17, 15) is 4.79 Å². The van der Waals surface area contributed by atoms with E-state index < -0.39 is 15.9 Å². The minimum absolute atomic E-state index is 0.381. The van der Waals surface area contributed by atoms with Crippen molar-refractivity contribution in [1.29, 1.82) is 0 Å². The molecule has 1 N–H and O–H groups in total. The molecule has 1 saturated heterocycles. The molecule has 0 bridgehead atoms. The zero-order valence-corrected chi connectivity index (χ0v) is 18.8. The number of alkyl halides is 3. The summed E-state index contributed by atoms with van der Waals surface area (Å²) in [6.45, 7) is 1.81. The summed E-state index contributed by atoms with van der Waals surface area (Å²) in [6.07, 6.45) is 5.31. The van der Waals surface area contributed by atoms with Crippen molar-refractivity contribution in [2.24, 2.45) is 0 Å². The van der Waals surface area contributed by atoms with Gasteiger partial charge in [-0.1, -0.05) is 46.4 Å². The van der Waals surface area contributed by atoms with Gasteiger partial charge in [-0.05, 0) is 43.5 Å². The molecule has 1 amide bonds. The van der Waals surface area contributed by atoms with Crippen LogP contribution >= 0.6 is 46.4 Å². The number of amides is 1. The summed E-state index contributed by atoms with van der Waals surface area (Å²) in [5.41, 5.74) is 1.45. The van der Waals surface area contributed by atoms with Gasteiger partial charge in [-0.15, -0.1) is 0 Å². The lowest BCUT2D eigenvalue weighted by molar-refractivity contribution is 0.0921. The van der Waals surface area contributed by atoms with Crippen molar-refractivity contribution in [3.05, 3.63) is 47.5 Å². The maximum Gasteiger partial charge on any atom is 0.253 e. The molecule has 4 rings (SSSR count). The average molecular weight is 488 g/mol. The standard InChI is InChI=1S/C19H18Cl4N6O/c20-13-6-4-12(5-7-13)17(30)27-18(19(21,22)23)29-11-26-14-15(24-10-25-16(14)29)28-8-2-1-3-9-28/h4-7,10-11,18H,1-3,8-9H2,(H,27,30). The summed E-state index contributed by atoms with van der Waals surface area (Å²) >= 11 is 24.6. The first-order chi connectivity index (χ1) is 14.3. The molecule has 11 heteroatoms. The van der Waals surface area contributed by atoms with Gasteiger partial charge in [-0.2, -0.15) is 0 Å². The number of benzene rings is 1. The third-order valence-corrected chi connectivity index (χ3v) is 5.83. The van der Waals surface area contributed by atoms with E-state index in [1.807, 2.05) is 0 Å². The van der Waals surface area contributed by atoms with E-state index in [2.05, 4.69) is 25.2 Å². The van der Waals surface area contributed by atoms with Crippen LogP contribution in [0, 0.1) is 0 Å². The number of carbonyl (C=O) groups is 1. The molecule has 1 aliphatic heterocycles. The number of piperidine rings is 1. The summed E-state index contributed by atoms with van der Waals surface area (Å²) in [7, 11) is 0. The van der Waals surface area contributed by atoms with Crippen LogP contribution in [-0.2, 0) is 0 Å². The molecular formula is C19H18Cl4N6O. The average Bonchev–Trinajstić information content (AvgIpc) is 3.16. The summed E-state index contributed by atoms with van der Waals surface area (Å²) in [4.78, 5) is 28.2. The number of halogens is 4. The largest absolute Gasteiger partial charge is 0.355 e. The van der Waals surface area contributed by atoms with E-state index in [1.54, 1.807) is 28.8 Å². The van der Waals surface area contributed by atoms with Crippen LogP contribution in [0.2, 0.25) is 5.02 Å². The van der Waals surface area contributed by atoms with Gasteiger partial charge in [0.1, 0.15) is 6.33 Å². The van der Waals surface area contributed by atoms with Crippen LogP contribution in [0.15, 0.2) is 36.9 Å². The van der Waals surface area contributed by atoms with Crippen molar-refractivity contribution in [2.75, 3.05) is 18.0 Å². The molecule has 7 nitrogen and oxygen atoms in total. The van der Waals surface area contributed by atoms with E-state index >= 15 is 0 Å². The van der Waals surface area contributed by atoms with Gasteiger partial charge in [0.15, 0.2) is 23.1 Å². The maximum absolute atomic E-state index is 12.8. The van der Waals surface area contributed by atoms with Gasteiger partial charge >= 0.3 is 0 Å². The Hall–Kier alpha value is -1.80. The fraction of sp³-hybridized carbons (Fsp3) is 0.368. The van der Waals surface area contributed by atoms with Gasteiger partial charge in [0.2, 0.25) is 3.79 Å². The summed E-state index contributed by atoms with van der Waals surface area (Å²) < 4.78 is -0.308. The molecular weight excluding hydrogens is 470 g/mol. The molecule has 1 aromatic carbocycles. The molecule has 1 aliphatic rings. The van der Waals surface area contributed by atoms with Crippen molar-refractivity contribution in [3.8, 4) is 0 Å². The number of rotatable bonds is 4. The maximum atomic E-state index is 12.8. The van der Waals surface area contributed by atoms with Crippen LogP contribution in [0.4, 0.5) is 5.82 Å². The second-order valence-electron chi connectivity index (χ2n) is 6.99. The number of fused-ring (bicyclic) bond motifs is 1. The fourth-order valence-corrected chi connectivity index (χ4v) is 4.09. The first-order valence-electron chi connectivity index (χ1n) is 9.40. The molecule has 3 aromatic rings. The lowest BCUT2D eigenvalue weighted by atomic mass is 10.1. The van der Waals surface area contributed by atoms with Gasteiger partial charge in [-0.25, -0.2) is 15.0 Å². The van der Waals surface area contributed by atoms with Crippen molar-refractivity contribution in [3.63, 3.8) is 0 Å². The quantitative estimate of drug-likeness (QED) is 0.536. The molecule has 0 saturated carbocycles. The van der Waals surface area contributed by atoms with Crippen LogP contribution in [0.5, 0.6) is 0 Å². The second-order valence-corrected chi connectivity index (χ2v) is 9.80. The fourth-order valence-electron chi connectivity index (χ4n) is 3.48. The number of imidazole rings is 1. The Kier molecular flexibility index (Phi) is 6.25. The minimum Gasteiger partial charge on any atom is -0.355 e. The van der Waals surface area contributed by atoms with Crippen LogP contribution < -0.4 is 10.2 Å². The van der Waals surface area contributed by atoms with E-state index in [4.69, 9.17) is 46.4 Å². The van der Waals surface area contributed by atoms with E-state index in [1.165, 1.54) is 19.1 Å². The SMILES string of the molecule is O=C(NC(n1cnc2c(N3CCCCC3)ncnc21)C(Cl)(Cl)Cl)c1ccc(Cl)cc1. The highest BCUT2D eigenvalue weighted by molar-refractivity contribution is 6.68. The minimum atomic E-state index is -1.86. The van der Waals surface area contributed by atoms with Crippen LogP contribution in [-0.4, -0.2) is 42.3 Å². The van der Waals surface area contributed by atoms with Crippen LogP contribution in [0.3, 0.4) is 0 Å². The van der Waals surface area contributed by atoms with Crippen LogP contribution in [0.1, 0.15) is 35.8 Å². The Labute approximate surface area is 193 Å². The monoisotopic (exact) mass is 486 g/mol. The van der Waals surface area contributed by atoms with Gasteiger partial charge in [-0.3, -0.25) is 9.36 Å². The van der Waals surface area contributed by atoms with Crippen molar-refractivity contribution in [1.82, 2.24) is 24.8 Å². The lowest BCUT2D eigenvalue weighted by Gasteiger charge is -2.28. The number of aromatic nitrogens is 4. The molecule has 1 fully saturated rings. The lowest BCUT2D eigenvalue weighted by Crippen LogP contribution is -2.40. The van der Waals surface area contributed by atoms with E-state index in [0.29, 0.717) is 21.7 Å². The van der Waals surface area contributed by atoms with E-state index in [-0.39, 0.29) is 0 Å². The topological polar surface area (TPSA) is 75.9 Å². The van der Waals surface area contributed by atoms with Crippen LogP contribution in [0.25, 0.3) is 11.2 Å². The number of hydrogen-bond acceptors (Lipinski definition) is 5. The Morgan fingerprint density at radius 2 is 1.73 bits per heavy atom.